The summed E-state index contributed by atoms with van der Waals surface area (Å²) in [7, 11) is -3.97. The summed E-state index contributed by atoms with van der Waals surface area (Å²) in [5.41, 5.74) is -0.871. The van der Waals surface area contributed by atoms with Gasteiger partial charge >= 0.3 is 5.69 Å². The van der Waals surface area contributed by atoms with Crippen LogP contribution in [0.5, 0.6) is 0 Å². The predicted molar refractivity (Wildman–Crippen MR) is 75.3 cm³/mol. The van der Waals surface area contributed by atoms with Crippen molar-refractivity contribution in [3.05, 3.63) is 34.1 Å². The van der Waals surface area contributed by atoms with Crippen LogP contribution in [0.1, 0.15) is 25.7 Å². The zero-order valence-electron chi connectivity index (χ0n) is 11.0. The number of hydrogen-bond donors (Lipinski definition) is 1. The summed E-state index contributed by atoms with van der Waals surface area (Å²) in [5, 5.41) is 10.4. The third kappa shape index (κ3) is 3.69. The molecule has 116 valence electrons. The Morgan fingerprint density at radius 2 is 2.00 bits per heavy atom. The number of rotatable bonds is 4. The molecule has 0 aliphatic heterocycles. The Kier molecular flexibility index (Phi) is 4.80. The normalized spacial score (nSPS) is 23.0. The van der Waals surface area contributed by atoms with Crippen LogP contribution in [0.4, 0.5) is 10.1 Å². The summed E-state index contributed by atoms with van der Waals surface area (Å²) in [4.78, 5) is 9.37. The van der Waals surface area contributed by atoms with E-state index in [1.54, 1.807) is 0 Å². The Morgan fingerprint density at radius 3 is 2.62 bits per heavy atom. The molecule has 0 amide bonds. The van der Waals surface area contributed by atoms with Crippen LogP contribution in [0.2, 0.25) is 0 Å². The van der Waals surface area contributed by atoms with Gasteiger partial charge in [-0.15, -0.1) is 11.6 Å². The van der Waals surface area contributed by atoms with Crippen LogP contribution in [-0.2, 0) is 10.0 Å². The van der Waals surface area contributed by atoms with E-state index in [0.717, 1.165) is 25.0 Å². The van der Waals surface area contributed by atoms with Gasteiger partial charge in [-0.3, -0.25) is 10.1 Å². The molecule has 1 aliphatic rings. The fourth-order valence-electron chi connectivity index (χ4n) is 2.29. The Hall–Kier alpha value is -1.25. The summed E-state index contributed by atoms with van der Waals surface area (Å²) in [6, 6.07) is 2.06. The van der Waals surface area contributed by atoms with Crippen molar-refractivity contribution in [2.75, 3.05) is 0 Å². The number of hydrogen-bond acceptors (Lipinski definition) is 4. The standard InChI is InChI=1S/C12H14ClFN2O4S/c13-9-3-1-2-4-11(9)15-21(19,20)8-5-6-10(14)12(7-8)16(17)18/h5-7,9,11,15H,1-4H2. The molecule has 2 unspecified atom stereocenters. The maximum absolute atomic E-state index is 13.3. The van der Waals surface area contributed by atoms with Crippen LogP contribution in [0.25, 0.3) is 0 Å². The first-order chi connectivity index (χ1) is 9.81. The van der Waals surface area contributed by atoms with Crippen molar-refractivity contribution in [2.24, 2.45) is 0 Å². The van der Waals surface area contributed by atoms with E-state index < -0.39 is 32.5 Å². The van der Waals surface area contributed by atoms with Gasteiger partial charge in [-0.05, 0) is 25.0 Å². The summed E-state index contributed by atoms with van der Waals surface area (Å²) >= 11 is 6.09. The van der Waals surface area contributed by atoms with Crippen molar-refractivity contribution in [1.82, 2.24) is 4.72 Å². The highest BCUT2D eigenvalue weighted by Gasteiger charge is 2.29. The van der Waals surface area contributed by atoms with Crippen LogP contribution in [-0.4, -0.2) is 24.8 Å². The SMILES string of the molecule is O=[N+]([O-])c1cc(S(=O)(=O)NC2CCCCC2Cl)ccc1F. The summed E-state index contributed by atoms with van der Waals surface area (Å²) < 4.78 is 40.1. The van der Waals surface area contributed by atoms with Gasteiger partial charge in [0.15, 0.2) is 0 Å². The first kappa shape index (κ1) is 16.1. The molecule has 2 atom stereocenters. The number of benzene rings is 1. The number of nitro benzene ring substituents is 1. The summed E-state index contributed by atoms with van der Waals surface area (Å²) in [6.45, 7) is 0. The molecule has 6 nitrogen and oxygen atoms in total. The van der Waals surface area contributed by atoms with Gasteiger partial charge in [-0.25, -0.2) is 13.1 Å². The molecule has 2 rings (SSSR count). The van der Waals surface area contributed by atoms with Crippen molar-refractivity contribution in [2.45, 2.75) is 42.0 Å². The largest absolute Gasteiger partial charge is 0.306 e. The number of sulfonamides is 1. The molecule has 0 spiro atoms. The Balaban J connectivity index is 2.27. The molecule has 0 saturated heterocycles. The van der Waals surface area contributed by atoms with Gasteiger partial charge in [0.1, 0.15) is 0 Å². The van der Waals surface area contributed by atoms with Crippen molar-refractivity contribution in [3.8, 4) is 0 Å². The summed E-state index contributed by atoms with van der Waals surface area (Å²) in [5.74, 6) is -1.08. The highest BCUT2D eigenvalue weighted by molar-refractivity contribution is 7.89. The van der Waals surface area contributed by atoms with Gasteiger partial charge in [0.25, 0.3) is 0 Å². The molecule has 1 aromatic carbocycles. The van der Waals surface area contributed by atoms with Gasteiger partial charge in [0, 0.05) is 17.5 Å². The first-order valence-corrected chi connectivity index (χ1v) is 8.33. The highest BCUT2D eigenvalue weighted by atomic mass is 35.5. The molecule has 1 fully saturated rings. The van der Waals surface area contributed by atoms with E-state index in [4.69, 9.17) is 11.6 Å². The van der Waals surface area contributed by atoms with Gasteiger partial charge in [0.2, 0.25) is 15.8 Å². The lowest BCUT2D eigenvalue weighted by Gasteiger charge is -2.27. The topological polar surface area (TPSA) is 89.3 Å². The van der Waals surface area contributed by atoms with E-state index in [-0.39, 0.29) is 10.3 Å². The fourth-order valence-corrected chi connectivity index (χ4v) is 4.03. The van der Waals surface area contributed by atoms with E-state index >= 15 is 0 Å². The smallest absolute Gasteiger partial charge is 0.258 e. The molecule has 0 radical (unpaired) electrons. The molecule has 0 bridgehead atoms. The molecule has 0 heterocycles. The molecule has 1 aromatic rings. The average molecular weight is 337 g/mol. The van der Waals surface area contributed by atoms with Gasteiger partial charge in [-0.2, -0.15) is 4.39 Å². The second kappa shape index (κ2) is 6.25. The van der Waals surface area contributed by atoms with Crippen LogP contribution >= 0.6 is 11.6 Å². The summed E-state index contributed by atoms with van der Waals surface area (Å²) in [6.07, 6.45) is 3.11. The van der Waals surface area contributed by atoms with Crippen molar-refractivity contribution in [1.29, 1.82) is 0 Å². The first-order valence-electron chi connectivity index (χ1n) is 6.41. The minimum absolute atomic E-state index is 0.316. The van der Waals surface area contributed by atoms with Crippen molar-refractivity contribution >= 4 is 27.3 Å². The number of halogens is 2. The highest BCUT2D eigenvalue weighted by Crippen LogP contribution is 2.26. The monoisotopic (exact) mass is 336 g/mol. The third-order valence-corrected chi connectivity index (χ3v) is 5.42. The lowest BCUT2D eigenvalue weighted by Crippen LogP contribution is -2.42. The molecule has 21 heavy (non-hydrogen) atoms. The maximum atomic E-state index is 13.3. The lowest BCUT2D eigenvalue weighted by atomic mass is 9.96. The number of alkyl halides is 1. The second-order valence-corrected chi connectivity index (χ2v) is 7.17. The van der Waals surface area contributed by atoms with Crippen LogP contribution in [0.15, 0.2) is 23.1 Å². The molecular formula is C12H14ClFN2O4S. The van der Waals surface area contributed by atoms with Gasteiger partial charge < -0.3 is 0 Å². The van der Waals surface area contributed by atoms with Gasteiger partial charge in [0.05, 0.1) is 9.82 Å². The third-order valence-electron chi connectivity index (χ3n) is 3.41. The molecule has 1 N–H and O–H groups in total. The van der Waals surface area contributed by atoms with Crippen LogP contribution < -0.4 is 4.72 Å². The molecule has 0 aromatic heterocycles. The van der Waals surface area contributed by atoms with E-state index in [1.165, 1.54) is 0 Å². The van der Waals surface area contributed by atoms with E-state index in [2.05, 4.69) is 4.72 Å². The maximum Gasteiger partial charge on any atom is 0.306 e. The zero-order chi connectivity index (χ0) is 15.6. The second-order valence-electron chi connectivity index (χ2n) is 4.90. The number of nitro groups is 1. The van der Waals surface area contributed by atoms with Gasteiger partial charge in [-0.1, -0.05) is 12.8 Å². The Morgan fingerprint density at radius 1 is 1.33 bits per heavy atom. The zero-order valence-corrected chi connectivity index (χ0v) is 12.5. The molecule has 1 saturated carbocycles. The molecular weight excluding hydrogens is 323 g/mol. The number of nitrogens with zero attached hydrogens (tertiary/aromatic N) is 1. The molecule has 9 heteroatoms. The number of nitrogens with one attached hydrogen (secondary N) is 1. The molecule has 1 aliphatic carbocycles. The minimum Gasteiger partial charge on any atom is -0.258 e. The quantitative estimate of drug-likeness (QED) is 0.520. The van der Waals surface area contributed by atoms with Crippen LogP contribution in [0.3, 0.4) is 0 Å². The lowest BCUT2D eigenvalue weighted by molar-refractivity contribution is -0.387. The van der Waals surface area contributed by atoms with E-state index in [9.17, 15) is 22.9 Å². The van der Waals surface area contributed by atoms with Crippen LogP contribution in [0, 0.1) is 15.9 Å². The predicted octanol–water partition coefficient (Wildman–Crippen LogP) is 2.56. The van der Waals surface area contributed by atoms with E-state index in [1.807, 2.05) is 0 Å². The average Bonchev–Trinajstić information content (AvgIpc) is 2.41. The van der Waals surface area contributed by atoms with E-state index in [0.29, 0.717) is 18.9 Å². The Labute approximate surface area is 126 Å². The van der Waals surface area contributed by atoms with Crippen molar-refractivity contribution in [3.63, 3.8) is 0 Å². The fraction of sp³-hybridized carbons (Fsp3) is 0.500. The minimum atomic E-state index is -3.97. The Bertz CT molecular complexity index is 653. The van der Waals surface area contributed by atoms with Crippen molar-refractivity contribution < 1.29 is 17.7 Å².